The second-order valence-electron chi connectivity index (χ2n) is 6.05. The molecular weight excluding hydrogens is 304 g/mol. The van der Waals surface area contributed by atoms with E-state index in [1.807, 2.05) is 23.1 Å². The first-order valence-electron chi connectivity index (χ1n) is 6.70. The van der Waals surface area contributed by atoms with Gasteiger partial charge in [0.2, 0.25) is 5.91 Å². The van der Waals surface area contributed by atoms with E-state index in [2.05, 4.69) is 29.8 Å². The maximum atomic E-state index is 12.2. The number of amides is 1. The van der Waals surface area contributed by atoms with Crippen LogP contribution >= 0.6 is 15.9 Å². The third kappa shape index (κ3) is 3.50. The highest BCUT2D eigenvalue weighted by Gasteiger charge is 2.27. The molecule has 2 rings (SSSR count). The van der Waals surface area contributed by atoms with Gasteiger partial charge in [0.05, 0.1) is 0 Å². The summed E-state index contributed by atoms with van der Waals surface area (Å²) in [5.74, 6) is 0.250. The predicted molar refractivity (Wildman–Crippen MR) is 81.6 cm³/mol. The van der Waals surface area contributed by atoms with E-state index in [0.717, 1.165) is 35.1 Å². The van der Waals surface area contributed by atoms with E-state index in [1.54, 1.807) is 0 Å². The Morgan fingerprint density at radius 3 is 2.84 bits per heavy atom. The average molecular weight is 325 g/mol. The van der Waals surface area contributed by atoms with Crippen LogP contribution in [0.15, 0.2) is 22.7 Å². The monoisotopic (exact) mass is 324 g/mol. The van der Waals surface area contributed by atoms with Gasteiger partial charge in [-0.3, -0.25) is 4.79 Å². The van der Waals surface area contributed by atoms with E-state index in [-0.39, 0.29) is 11.3 Å². The molecule has 104 valence electrons. The maximum absolute atomic E-state index is 12.2. The Labute approximate surface area is 123 Å². The minimum absolute atomic E-state index is 0.250. The largest absolute Gasteiger partial charge is 0.398 e. The number of carbonyl (C=O) groups excluding carboxylic acids is 1. The standard InChI is InChI=1S/C15H21BrN2O/c1-15(2)7-6-13(19)18(9-8-15)10-11-4-3-5-12(17)14(11)16/h3-5H,6-10,17H2,1-2H3. The van der Waals surface area contributed by atoms with Crippen molar-refractivity contribution in [3.05, 3.63) is 28.2 Å². The summed E-state index contributed by atoms with van der Waals surface area (Å²) in [6, 6.07) is 5.81. The van der Waals surface area contributed by atoms with Crippen molar-refractivity contribution in [3.8, 4) is 0 Å². The van der Waals surface area contributed by atoms with Crippen molar-refractivity contribution in [1.29, 1.82) is 0 Å². The fraction of sp³-hybridized carbons (Fsp3) is 0.533. The van der Waals surface area contributed by atoms with Crippen molar-refractivity contribution >= 4 is 27.5 Å². The number of benzene rings is 1. The lowest BCUT2D eigenvalue weighted by molar-refractivity contribution is -0.131. The molecule has 1 aromatic carbocycles. The van der Waals surface area contributed by atoms with Crippen molar-refractivity contribution in [3.63, 3.8) is 0 Å². The second kappa shape index (κ2) is 5.53. The molecule has 0 unspecified atom stereocenters. The van der Waals surface area contributed by atoms with E-state index in [1.165, 1.54) is 0 Å². The molecule has 1 aromatic rings. The van der Waals surface area contributed by atoms with Crippen LogP contribution in [0.3, 0.4) is 0 Å². The van der Waals surface area contributed by atoms with E-state index in [4.69, 9.17) is 5.73 Å². The highest BCUT2D eigenvalue weighted by atomic mass is 79.9. The predicted octanol–water partition coefficient (Wildman–Crippen LogP) is 3.57. The molecule has 1 aliphatic heterocycles. The number of hydrogen-bond donors (Lipinski definition) is 1. The van der Waals surface area contributed by atoms with Gasteiger partial charge in [-0.05, 0) is 45.8 Å². The van der Waals surface area contributed by atoms with Crippen molar-refractivity contribution in [1.82, 2.24) is 4.90 Å². The van der Waals surface area contributed by atoms with Gasteiger partial charge in [0, 0.05) is 29.7 Å². The van der Waals surface area contributed by atoms with Gasteiger partial charge < -0.3 is 10.6 Å². The Hall–Kier alpha value is -1.03. The molecule has 0 spiro atoms. The minimum atomic E-state index is 0.250. The summed E-state index contributed by atoms with van der Waals surface area (Å²) in [5, 5.41) is 0. The van der Waals surface area contributed by atoms with Crippen molar-refractivity contribution in [2.75, 3.05) is 12.3 Å². The Balaban J connectivity index is 2.14. The lowest BCUT2D eigenvalue weighted by Gasteiger charge is -2.24. The topological polar surface area (TPSA) is 46.3 Å². The normalized spacial score (nSPS) is 19.3. The molecule has 0 aliphatic carbocycles. The summed E-state index contributed by atoms with van der Waals surface area (Å²) >= 11 is 3.51. The van der Waals surface area contributed by atoms with Crippen molar-refractivity contribution in [2.24, 2.45) is 5.41 Å². The smallest absolute Gasteiger partial charge is 0.222 e. The van der Waals surface area contributed by atoms with Crippen LogP contribution in [0.1, 0.15) is 38.7 Å². The lowest BCUT2D eigenvalue weighted by Crippen LogP contribution is -2.30. The van der Waals surface area contributed by atoms with Crippen LogP contribution in [-0.2, 0) is 11.3 Å². The zero-order valence-electron chi connectivity index (χ0n) is 11.6. The van der Waals surface area contributed by atoms with Gasteiger partial charge in [0.25, 0.3) is 0 Å². The minimum Gasteiger partial charge on any atom is -0.398 e. The number of nitrogen functional groups attached to an aromatic ring is 1. The van der Waals surface area contributed by atoms with Gasteiger partial charge in [-0.1, -0.05) is 26.0 Å². The van der Waals surface area contributed by atoms with E-state index in [9.17, 15) is 4.79 Å². The summed E-state index contributed by atoms with van der Waals surface area (Å²) in [5.41, 5.74) is 7.94. The Bertz CT molecular complexity index is 485. The molecule has 1 aliphatic rings. The molecule has 2 N–H and O–H groups in total. The molecular formula is C15H21BrN2O. The molecule has 0 bridgehead atoms. The van der Waals surface area contributed by atoms with Crippen LogP contribution in [0.4, 0.5) is 5.69 Å². The van der Waals surface area contributed by atoms with Gasteiger partial charge in [0.1, 0.15) is 0 Å². The highest BCUT2D eigenvalue weighted by Crippen LogP contribution is 2.32. The first-order chi connectivity index (χ1) is 8.89. The van der Waals surface area contributed by atoms with E-state index in [0.29, 0.717) is 13.0 Å². The summed E-state index contributed by atoms with van der Waals surface area (Å²) in [6.45, 7) is 5.94. The van der Waals surface area contributed by atoms with Gasteiger partial charge in [0.15, 0.2) is 0 Å². The first-order valence-corrected chi connectivity index (χ1v) is 7.49. The molecule has 0 aromatic heterocycles. The molecule has 4 heteroatoms. The molecule has 3 nitrogen and oxygen atoms in total. The van der Waals surface area contributed by atoms with E-state index >= 15 is 0 Å². The van der Waals surface area contributed by atoms with Gasteiger partial charge in [-0.15, -0.1) is 0 Å². The van der Waals surface area contributed by atoms with Gasteiger partial charge >= 0.3 is 0 Å². The van der Waals surface area contributed by atoms with Crippen LogP contribution in [0.25, 0.3) is 0 Å². The molecule has 1 amide bonds. The van der Waals surface area contributed by atoms with Crippen molar-refractivity contribution < 1.29 is 4.79 Å². The molecule has 1 heterocycles. The lowest BCUT2D eigenvalue weighted by atomic mass is 9.85. The van der Waals surface area contributed by atoms with Crippen LogP contribution in [0.2, 0.25) is 0 Å². The Kier molecular flexibility index (Phi) is 4.19. The fourth-order valence-corrected chi connectivity index (χ4v) is 2.78. The molecule has 1 fully saturated rings. The van der Waals surface area contributed by atoms with Crippen LogP contribution < -0.4 is 5.73 Å². The quantitative estimate of drug-likeness (QED) is 0.845. The van der Waals surface area contributed by atoms with Crippen molar-refractivity contribution in [2.45, 2.75) is 39.7 Å². The molecule has 0 atom stereocenters. The number of carbonyl (C=O) groups is 1. The average Bonchev–Trinajstić information content (AvgIpc) is 2.48. The Morgan fingerprint density at radius 2 is 2.11 bits per heavy atom. The number of rotatable bonds is 2. The zero-order valence-corrected chi connectivity index (χ0v) is 13.2. The molecule has 19 heavy (non-hydrogen) atoms. The second-order valence-corrected chi connectivity index (χ2v) is 6.84. The number of nitrogens with two attached hydrogens (primary N) is 1. The number of nitrogens with zero attached hydrogens (tertiary/aromatic N) is 1. The van der Waals surface area contributed by atoms with Gasteiger partial charge in [-0.2, -0.15) is 0 Å². The van der Waals surface area contributed by atoms with Crippen LogP contribution in [-0.4, -0.2) is 17.4 Å². The fourth-order valence-electron chi connectivity index (χ4n) is 2.39. The Morgan fingerprint density at radius 1 is 1.37 bits per heavy atom. The molecule has 1 saturated heterocycles. The number of halogens is 1. The van der Waals surface area contributed by atoms with Crippen LogP contribution in [0, 0.1) is 5.41 Å². The third-order valence-corrected chi connectivity index (χ3v) is 4.86. The summed E-state index contributed by atoms with van der Waals surface area (Å²) in [4.78, 5) is 14.1. The summed E-state index contributed by atoms with van der Waals surface area (Å²) < 4.78 is 0.909. The highest BCUT2D eigenvalue weighted by molar-refractivity contribution is 9.10. The summed E-state index contributed by atoms with van der Waals surface area (Å²) in [7, 11) is 0. The van der Waals surface area contributed by atoms with E-state index < -0.39 is 0 Å². The third-order valence-electron chi connectivity index (χ3n) is 3.90. The number of hydrogen-bond acceptors (Lipinski definition) is 2. The SMILES string of the molecule is CC1(C)CCC(=O)N(Cc2cccc(N)c2Br)CC1. The van der Waals surface area contributed by atoms with Gasteiger partial charge in [-0.25, -0.2) is 0 Å². The maximum Gasteiger partial charge on any atom is 0.222 e. The summed E-state index contributed by atoms with van der Waals surface area (Å²) in [6.07, 6.45) is 2.67. The number of likely N-dealkylation sites (tertiary alicyclic amines) is 1. The zero-order chi connectivity index (χ0) is 14.0. The first kappa shape index (κ1) is 14.4. The molecule has 0 radical (unpaired) electrons. The molecule has 0 saturated carbocycles. The van der Waals surface area contributed by atoms with Crippen LogP contribution in [0.5, 0.6) is 0 Å². The number of anilines is 1.